The van der Waals surface area contributed by atoms with Gasteiger partial charge in [0.05, 0.1) is 29.9 Å². The number of nitrogens with zero attached hydrogens (tertiary/aromatic N) is 4. The molecule has 0 bridgehead atoms. The predicted octanol–water partition coefficient (Wildman–Crippen LogP) is 4.58. The largest absolute Gasteiger partial charge is 0.322 e. The Labute approximate surface area is 211 Å². The Morgan fingerprint density at radius 3 is 2.56 bits per heavy atom. The summed E-state index contributed by atoms with van der Waals surface area (Å²) < 4.78 is 1.58. The molecule has 2 N–H and O–H groups in total. The first-order valence-corrected chi connectivity index (χ1v) is 12.4. The highest BCUT2D eigenvalue weighted by molar-refractivity contribution is 6.15. The Bertz CT molecular complexity index is 1300. The molecule has 36 heavy (non-hydrogen) atoms. The molecule has 8 nitrogen and oxygen atoms in total. The second-order valence-electron chi connectivity index (χ2n) is 9.53. The summed E-state index contributed by atoms with van der Waals surface area (Å²) in [5, 5.41) is 19.7. The first-order chi connectivity index (χ1) is 17.4. The molecule has 1 fully saturated rings. The van der Waals surface area contributed by atoms with E-state index in [4.69, 9.17) is 5.26 Å². The highest BCUT2D eigenvalue weighted by atomic mass is 16.2. The van der Waals surface area contributed by atoms with Crippen molar-refractivity contribution in [2.75, 3.05) is 16.8 Å². The van der Waals surface area contributed by atoms with E-state index in [9.17, 15) is 9.59 Å². The van der Waals surface area contributed by atoms with Crippen molar-refractivity contribution in [3.8, 4) is 6.07 Å². The van der Waals surface area contributed by atoms with Gasteiger partial charge in [0.1, 0.15) is 5.69 Å². The predicted molar refractivity (Wildman–Crippen MR) is 140 cm³/mol. The fraction of sp³-hybridized carbons (Fsp3) is 0.357. The molecule has 2 aliphatic rings. The zero-order chi connectivity index (χ0) is 25.9. The molecule has 1 aliphatic carbocycles. The van der Waals surface area contributed by atoms with Crippen molar-refractivity contribution in [1.29, 1.82) is 5.26 Å². The van der Waals surface area contributed by atoms with Gasteiger partial charge in [0.25, 0.3) is 11.8 Å². The summed E-state index contributed by atoms with van der Waals surface area (Å²) in [6.45, 7) is 10.3. The molecule has 2 aromatic carbocycles. The number of carbonyl (C=O) groups is 2. The summed E-state index contributed by atoms with van der Waals surface area (Å²) in [6, 6.07) is 17.2. The van der Waals surface area contributed by atoms with Gasteiger partial charge >= 0.3 is 0 Å². The molecule has 1 saturated carbocycles. The van der Waals surface area contributed by atoms with E-state index in [2.05, 4.69) is 29.6 Å². The van der Waals surface area contributed by atoms with Crippen LogP contribution in [0.2, 0.25) is 0 Å². The van der Waals surface area contributed by atoms with Crippen molar-refractivity contribution in [1.82, 2.24) is 15.1 Å². The molecule has 1 unspecified atom stereocenters. The van der Waals surface area contributed by atoms with E-state index in [1.165, 1.54) is 18.2 Å². The van der Waals surface area contributed by atoms with Gasteiger partial charge in [0, 0.05) is 30.5 Å². The van der Waals surface area contributed by atoms with Crippen molar-refractivity contribution in [2.24, 2.45) is 5.41 Å². The van der Waals surface area contributed by atoms with E-state index < -0.39 is 5.91 Å². The molecule has 1 aliphatic heterocycles. The number of aromatic nitrogens is 2. The normalized spacial score (nSPS) is 17.4. The molecule has 0 radical (unpaired) electrons. The van der Waals surface area contributed by atoms with Crippen LogP contribution in [0.5, 0.6) is 0 Å². The summed E-state index contributed by atoms with van der Waals surface area (Å²) in [5.41, 5.74) is 3.75. The highest BCUT2D eigenvalue weighted by Crippen LogP contribution is 2.44. The third-order valence-corrected chi connectivity index (χ3v) is 6.63. The quantitative estimate of drug-likeness (QED) is 0.533. The number of benzene rings is 2. The lowest BCUT2D eigenvalue weighted by Gasteiger charge is -2.28. The summed E-state index contributed by atoms with van der Waals surface area (Å²) in [6.07, 6.45) is 2.62. The van der Waals surface area contributed by atoms with Crippen LogP contribution in [0.4, 0.5) is 11.4 Å². The Hall–Kier alpha value is -3.96. The maximum absolute atomic E-state index is 13.4. The first-order valence-electron chi connectivity index (χ1n) is 12.4. The third kappa shape index (κ3) is 5.16. The fourth-order valence-electron chi connectivity index (χ4n) is 4.33. The van der Waals surface area contributed by atoms with Gasteiger partial charge < -0.3 is 15.5 Å². The van der Waals surface area contributed by atoms with Crippen LogP contribution in [0.1, 0.15) is 66.1 Å². The third-order valence-electron chi connectivity index (χ3n) is 6.63. The van der Waals surface area contributed by atoms with Gasteiger partial charge in [-0.25, -0.2) is 0 Å². The van der Waals surface area contributed by atoms with Crippen LogP contribution in [0.25, 0.3) is 0 Å². The van der Waals surface area contributed by atoms with Crippen molar-refractivity contribution >= 4 is 23.2 Å². The molecule has 0 saturated heterocycles. The standard InChI is InChI=1S/C26H26N6O2.C2H6/c1-26(2)13-22(26)28-15-17-6-8-20(9-7-17)31-10-11-32-23(25(31)34)21(16-29-32)24(33)30-19-5-3-4-18(12-19)14-27;1-2/h3-9,12,16,22,28H,10-11,13,15H2,1-2H3,(H,30,33);1-2H3. The number of fused-ring (bicyclic) bond motifs is 1. The van der Waals surface area contributed by atoms with Crippen molar-refractivity contribution in [3.63, 3.8) is 0 Å². The van der Waals surface area contributed by atoms with E-state index in [0.29, 0.717) is 35.8 Å². The average Bonchev–Trinajstić information content (AvgIpc) is 3.28. The molecule has 3 aromatic rings. The molecule has 2 heterocycles. The molecular formula is C28H32N6O2. The lowest BCUT2D eigenvalue weighted by atomic mass is 10.1. The second-order valence-corrected chi connectivity index (χ2v) is 9.53. The van der Waals surface area contributed by atoms with Gasteiger partial charge in [-0.15, -0.1) is 0 Å². The topological polar surface area (TPSA) is 103 Å². The van der Waals surface area contributed by atoms with Gasteiger partial charge in [-0.05, 0) is 47.7 Å². The Morgan fingerprint density at radius 2 is 1.89 bits per heavy atom. The number of nitriles is 1. The minimum atomic E-state index is -0.434. The van der Waals surface area contributed by atoms with Gasteiger partial charge in [-0.2, -0.15) is 10.4 Å². The van der Waals surface area contributed by atoms with E-state index >= 15 is 0 Å². The maximum Gasteiger partial charge on any atom is 0.277 e. The Balaban J connectivity index is 0.00000148. The van der Waals surface area contributed by atoms with E-state index in [1.807, 2.05) is 44.2 Å². The minimum absolute atomic E-state index is 0.213. The van der Waals surface area contributed by atoms with E-state index in [0.717, 1.165) is 12.2 Å². The molecule has 5 rings (SSSR count). The summed E-state index contributed by atoms with van der Waals surface area (Å²) in [4.78, 5) is 28.0. The zero-order valence-electron chi connectivity index (χ0n) is 21.2. The Morgan fingerprint density at radius 1 is 1.17 bits per heavy atom. The molecule has 1 atom stereocenters. The lowest BCUT2D eigenvalue weighted by molar-refractivity contribution is 0.0947. The van der Waals surface area contributed by atoms with Crippen molar-refractivity contribution in [2.45, 2.75) is 53.2 Å². The molecular weight excluding hydrogens is 452 g/mol. The number of amides is 2. The number of carbonyl (C=O) groups excluding carboxylic acids is 2. The summed E-state index contributed by atoms with van der Waals surface area (Å²) in [7, 11) is 0. The summed E-state index contributed by atoms with van der Waals surface area (Å²) in [5.74, 6) is -0.693. The van der Waals surface area contributed by atoms with Gasteiger partial charge in [-0.1, -0.05) is 45.9 Å². The number of hydrogen-bond donors (Lipinski definition) is 2. The van der Waals surface area contributed by atoms with Crippen LogP contribution in [0, 0.1) is 16.7 Å². The highest BCUT2D eigenvalue weighted by Gasteiger charge is 2.45. The molecule has 8 heteroatoms. The van der Waals surface area contributed by atoms with Crippen LogP contribution < -0.4 is 15.5 Å². The van der Waals surface area contributed by atoms with Crippen LogP contribution in [0.3, 0.4) is 0 Å². The van der Waals surface area contributed by atoms with E-state index in [-0.39, 0.29) is 17.2 Å². The maximum atomic E-state index is 13.4. The molecule has 2 amide bonds. The smallest absolute Gasteiger partial charge is 0.277 e. The minimum Gasteiger partial charge on any atom is -0.322 e. The van der Waals surface area contributed by atoms with Crippen LogP contribution in [-0.4, -0.2) is 34.2 Å². The SMILES string of the molecule is CC.CC1(C)CC1NCc1ccc(N2CCn3ncc(C(=O)Nc4cccc(C#N)c4)c3C2=O)cc1. The molecule has 1 aromatic heterocycles. The van der Waals surface area contributed by atoms with Gasteiger partial charge in [0.2, 0.25) is 0 Å². The lowest BCUT2D eigenvalue weighted by Crippen LogP contribution is -2.41. The summed E-state index contributed by atoms with van der Waals surface area (Å²) >= 11 is 0. The monoisotopic (exact) mass is 484 g/mol. The van der Waals surface area contributed by atoms with Gasteiger partial charge in [0.15, 0.2) is 0 Å². The van der Waals surface area contributed by atoms with Crippen LogP contribution in [0.15, 0.2) is 54.7 Å². The van der Waals surface area contributed by atoms with Crippen LogP contribution >= 0.6 is 0 Å². The Kier molecular flexibility index (Phi) is 7.22. The molecule has 186 valence electrons. The molecule has 0 spiro atoms. The number of hydrogen-bond acceptors (Lipinski definition) is 5. The number of nitrogens with one attached hydrogen (secondary N) is 2. The second kappa shape index (κ2) is 10.3. The van der Waals surface area contributed by atoms with Crippen molar-refractivity contribution in [3.05, 3.63) is 77.1 Å². The average molecular weight is 485 g/mol. The van der Waals surface area contributed by atoms with E-state index in [1.54, 1.807) is 33.8 Å². The number of rotatable bonds is 6. The number of anilines is 2. The first kappa shape index (κ1) is 25.1. The fourth-order valence-corrected chi connectivity index (χ4v) is 4.33. The van der Waals surface area contributed by atoms with Crippen molar-refractivity contribution < 1.29 is 9.59 Å². The zero-order valence-corrected chi connectivity index (χ0v) is 21.2. The van der Waals surface area contributed by atoms with Crippen LogP contribution in [-0.2, 0) is 13.1 Å². The van der Waals surface area contributed by atoms with Gasteiger partial charge in [-0.3, -0.25) is 14.3 Å².